The molecule has 1 atom stereocenters. The molecule has 2 aliphatic heterocycles. The second kappa shape index (κ2) is 6.99. The van der Waals surface area contributed by atoms with Crippen LogP contribution >= 0.6 is 33.2 Å². The molecule has 5 heteroatoms. The van der Waals surface area contributed by atoms with Crippen molar-refractivity contribution in [3.63, 3.8) is 0 Å². The molecule has 2 heterocycles. The van der Waals surface area contributed by atoms with Crippen molar-refractivity contribution in [1.29, 1.82) is 0 Å². The van der Waals surface area contributed by atoms with Crippen LogP contribution in [0.15, 0.2) is 24.6 Å². The van der Waals surface area contributed by atoms with Crippen molar-refractivity contribution in [2.45, 2.75) is 57.0 Å². The van der Waals surface area contributed by atoms with E-state index in [4.69, 9.17) is 33.2 Å². The molecule has 0 radical (unpaired) electrons. The van der Waals surface area contributed by atoms with Crippen molar-refractivity contribution in [2.75, 3.05) is 6.54 Å². The molecule has 2 rings (SSSR count). The lowest BCUT2D eigenvalue weighted by Gasteiger charge is -2.39. The van der Waals surface area contributed by atoms with Gasteiger partial charge < -0.3 is 0 Å². The number of halogens is 3. The molecule has 0 N–H and O–H groups in total. The zero-order valence-electron chi connectivity index (χ0n) is 11.3. The van der Waals surface area contributed by atoms with Crippen LogP contribution in [0, 0.1) is 0 Å². The Bertz CT molecular complexity index is 337. The van der Waals surface area contributed by atoms with Gasteiger partial charge in [0.25, 0.3) is 0 Å². The molecular formula is C14H23Cl3NSi+. The number of rotatable bonds is 1. The van der Waals surface area contributed by atoms with Gasteiger partial charge in [-0.15, -0.1) is 33.2 Å². The SMILES string of the molecule is Cl[Si](Cl)(Cl)C1CCCCCCCCC[N+]12C=CC=C2. The summed E-state index contributed by atoms with van der Waals surface area (Å²) in [5, 5.41) is 0. The molecule has 1 saturated heterocycles. The van der Waals surface area contributed by atoms with Gasteiger partial charge in [-0.05, 0) is 31.4 Å². The Balaban J connectivity index is 2.20. The molecule has 0 aromatic rings. The summed E-state index contributed by atoms with van der Waals surface area (Å²) in [7, 11) is 0. The van der Waals surface area contributed by atoms with Gasteiger partial charge in [-0.2, -0.15) is 0 Å². The molecule has 1 unspecified atom stereocenters. The fraction of sp³-hybridized carbons (Fsp3) is 0.714. The Labute approximate surface area is 131 Å². The Morgan fingerprint density at radius 1 is 0.789 bits per heavy atom. The van der Waals surface area contributed by atoms with E-state index in [9.17, 15) is 0 Å². The van der Waals surface area contributed by atoms with Gasteiger partial charge in [-0.1, -0.05) is 25.7 Å². The molecule has 0 aromatic heterocycles. The summed E-state index contributed by atoms with van der Waals surface area (Å²) in [6.07, 6.45) is 18.8. The van der Waals surface area contributed by atoms with Crippen LogP contribution in [0.25, 0.3) is 0 Å². The van der Waals surface area contributed by atoms with Crippen molar-refractivity contribution in [3.05, 3.63) is 24.6 Å². The molecule has 108 valence electrons. The maximum Gasteiger partial charge on any atom is 0.403 e. The molecule has 1 fully saturated rings. The van der Waals surface area contributed by atoms with Gasteiger partial charge >= 0.3 is 6.00 Å². The van der Waals surface area contributed by atoms with E-state index < -0.39 is 6.00 Å². The summed E-state index contributed by atoms with van der Waals surface area (Å²) in [6, 6.07) is -2.72. The second-order valence-corrected chi connectivity index (χ2v) is 14.6. The Morgan fingerprint density at radius 2 is 1.32 bits per heavy atom. The fourth-order valence-electron chi connectivity index (χ4n) is 3.27. The van der Waals surface area contributed by atoms with Crippen molar-refractivity contribution in [2.24, 2.45) is 0 Å². The third-order valence-electron chi connectivity index (χ3n) is 4.32. The van der Waals surface area contributed by atoms with Gasteiger partial charge in [-0.25, -0.2) is 0 Å². The Hall–Kier alpha value is 0.527. The predicted molar refractivity (Wildman–Crippen MR) is 87.4 cm³/mol. The van der Waals surface area contributed by atoms with Gasteiger partial charge in [0.15, 0.2) is 0 Å². The highest BCUT2D eigenvalue weighted by atomic mass is 35.8. The minimum Gasteiger partial charge on any atom is -0.268 e. The summed E-state index contributed by atoms with van der Waals surface area (Å²) in [6.45, 7) is 1.08. The van der Waals surface area contributed by atoms with Gasteiger partial charge in [-0.3, -0.25) is 4.48 Å². The summed E-state index contributed by atoms with van der Waals surface area (Å²) < 4.78 is 0.780. The highest BCUT2D eigenvalue weighted by molar-refractivity contribution is 7.65. The van der Waals surface area contributed by atoms with E-state index in [0.29, 0.717) is 0 Å². The normalized spacial score (nSPS) is 28.5. The Kier molecular flexibility index (Phi) is 5.86. The topological polar surface area (TPSA) is 0 Å². The fourth-order valence-corrected chi connectivity index (χ4v) is 7.26. The number of allylic oxidation sites excluding steroid dienone is 2. The molecule has 1 spiro atoms. The first-order valence-electron chi connectivity index (χ1n) is 7.35. The lowest BCUT2D eigenvalue weighted by atomic mass is 10.1. The zero-order valence-corrected chi connectivity index (χ0v) is 14.6. The average molecular weight is 340 g/mol. The molecule has 0 aliphatic carbocycles. The van der Waals surface area contributed by atoms with Crippen LogP contribution < -0.4 is 0 Å². The van der Waals surface area contributed by atoms with Gasteiger partial charge in [0.1, 0.15) is 18.1 Å². The number of nitrogens with zero attached hydrogens (tertiary/aromatic N) is 1. The molecule has 19 heavy (non-hydrogen) atoms. The third-order valence-corrected chi connectivity index (χ3v) is 8.11. The van der Waals surface area contributed by atoms with Gasteiger partial charge in [0.2, 0.25) is 0 Å². The number of hydrogen-bond donors (Lipinski definition) is 0. The van der Waals surface area contributed by atoms with E-state index >= 15 is 0 Å². The lowest BCUT2D eigenvalue weighted by Crippen LogP contribution is -2.55. The van der Waals surface area contributed by atoms with Crippen LogP contribution in [-0.2, 0) is 0 Å². The van der Waals surface area contributed by atoms with E-state index in [0.717, 1.165) is 17.4 Å². The largest absolute Gasteiger partial charge is 0.403 e. The van der Waals surface area contributed by atoms with Crippen molar-refractivity contribution >= 4 is 39.2 Å². The van der Waals surface area contributed by atoms with Crippen LogP contribution in [0.5, 0.6) is 0 Å². The highest BCUT2D eigenvalue weighted by Crippen LogP contribution is 2.38. The number of hydrogen-bond acceptors (Lipinski definition) is 0. The first kappa shape index (κ1) is 15.9. The molecule has 0 amide bonds. The van der Waals surface area contributed by atoms with Gasteiger partial charge in [0, 0.05) is 6.42 Å². The summed E-state index contributed by atoms with van der Waals surface area (Å²) >= 11 is 19.3. The van der Waals surface area contributed by atoms with Crippen LogP contribution in [0.3, 0.4) is 0 Å². The molecule has 2 aliphatic rings. The summed E-state index contributed by atoms with van der Waals surface area (Å²) in [5.41, 5.74) is 0.172. The van der Waals surface area contributed by atoms with Crippen LogP contribution in [0.4, 0.5) is 0 Å². The monoisotopic (exact) mass is 338 g/mol. The minimum atomic E-state index is -2.72. The van der Waals surface area contributed by atoms with Gasteiger partial charge in [0.05, 0.1) is 6.54 Å². The third kappa shape index (κ3) is 4.24. The van der Waals surface area contributed by atoms with E-state index in [-0.39, 0.29) is 5.67 Å². The molecule has 0 saturated carbocycles. The Morgan fingerprint density at radius 3 is 1.89 bits per heavy atom. The van der Waals surface area contributed by atoms with Crippen LogP contribution in [0.2, 0.25) is 0 Å². The maximum atomic E-state index is 6.43. The standard InChI is InChI=1S/C14H23Cl3NSi/c15-19(16,17)14-10-6-4-2-1-3-5-7-11-18(14)12-8-9-13-18/h8-9,12-14H,1-7,10-11H2/q+1. The van der Waals surface area contributed by atoms with E-state index in [2.05, 4.69) is 24.6 Å². The predicted octanol–water partition coefficient (Wildman–Crippen LogP) is 5.54. The smallest absolute Gasteiger partial charge is 0.268 e. The second-order valence-electron chi connectivity index (χ2n) is 5.72. The van der Waals surface area contributed by atoms with E-state index in [1.165, 1.54) is 44.9 Å². The molecular weight excluding hydrogens is 317 g/mol. The average Bonchev–Trinajstić information content (AvgIpc) is 2.76. The first-order chi connectivity index (χ1) is 9.05. The minimum absolute atomic E-state index is 0.172. The first-order valence-corrected chi connectivity index (χ1v) is 12.5. The molecule has 1 nitrogen and oxygen atoms in total. The zero-order chi connectivity index (χ0) is 13.8. The lowest BCUT2D eigenvalue weighted by molar-refractivity contribution is -0.840. The summed E-state index contributed by atoms with van der Waals surface area (Å²) in [4.78, 5) is 0. The van der Waals surface area contributed by atoms with E-state index in [1.54, 1.807) is 0 Å². The van der Waals surface area contributed by atoms with Crippen molar-refractivity contribution in [3.8, 4) is 0 Å². The molecule has 0 aromatic carbocycles. The van der Waals surface area contributed by atoms with Crippen LogP contribution in [-0.4, -0.2) is 22.7 Å². The highest BCUT2D eigenvalue weighted by Gasteiger charge is 2.50. The quantitative estimate of drug-likeness (QED) is 0.334. The maximum absolute atomic E-state index is 6.43. The van der Waals surface area contributed by atoms with Crippen LogP contribution in [0.1, 0.15) is 51.4 Å². The number of quaternary nitrogens is 1. The molecule has 0 bridgehead atoms. The van der Waals surface area contributed by atoms with E-state index in [1.807, 2.05) is 0 Å². The summed E-state index contributed by atoms with van der Waals surface area (Å²) in [5.74, 6) is 0. The van der Waals surface area contributed by atoms with Crippen molar-refractivity contribution < 1.29 is 4.48 Å². The van der Waals surface area contributed by atoms with Crippen molar-refractivity contribution in [1.82, 2.24) is 0 Å².